The fourth-order valence-electron chi connectivity index (χ4n) is 4.35. The second-order valence-corrected chi connectivity index (χ2v) is 7.90. The lowest BCUT2D eigenvalue weighted by Gasteiger charge is -2.41. The third-order valence-corrected chi connectivity index (χ3v) is 6.03. The van der Waals surface area contributed by atoms with Crippen LogP contribution in [0.5, 0.6) is 0 Å². The molecule has 1 aromatic rings. The van der Waals surface area contributed by atoms with Gasteiger partial charge in [0, 0.05) is 45.5 Å². The van der Waals surface area contributed by atoms with E-state index in [4.69, 9.17) is 4.99 Å². The van der Waals surface area contributed by atoms with E-state index in [1.807, 2.05) is 6.07 Å². The van der Waals surface area contributed by atoms with Crippen LogP contribution in [0.25, 0.3) is 0 Å². The molecule has 3 aliphatic heterocycles. The molecule has 156 valence electrons. The number of unbranched alkanes of at least 4 members (excludes halogenated alkanes) is 2. The van der Waals surface area contributed by atoms with Gasteiger partial charge in [0.2, 0.25) is 0 Å². The van der Waals surface area contributed by atoms with E-state index in [0.29, 0.717) is 0 Å². The molecule has 1 N–H and O–H groups in total. The van der Waals surface area contributed by atoms with Crippen molar-refractivity contribution in [2.75, 3.05) is 44.7 Å². The van der Waals surface area contributed by atoms with Crippen molar-refractivity contribution < 1.29 is 9.59 Å². The summed E-state index contributed by atoms with van der Waals surface area (Å²) in [4.78, 5) is 37.9. The zero-order chi connectivity index (χ0) is 20.4. The van der Waals surface area contributed by atoms with E-state index in [9.17, 15) is 9.59 Å². The van der Waals surface area contributed by atoms with Crippen LogP contribution in [0, 0.1) is 0 Å². The summed E-state index contributed by atoms with van der Waals surface area (Å²) >= 11 is 0. The molecule has 1 aromatic carbocycles. The summed E-state index contributed by atoms with van der Waals surface area (Å²) in [7, 11) is 1.71. The Hall–Kier alpha value is -2.77. The summed E-state index contributed by atoms with van der Waals surface area (Å²) in [5.74, 6) is 0.622. The summed E-state index contributed by atoms with van der Waals surface area (Å²) in [5.41, 5.74) is 1.23. The zero-order valence-corrected chi connectivity index (χ0v) is 17.3. The molecule has 0 bridgehead atoms. The van der Waals surface area contributed by atoms with E-state index >= 15 is 0 Å². The number of hydrogen-bond donors (Lipinski definition) is 1. The maximum absolute atomic E-state index is 12.6. The van der Waals surface area contributed by atoms with Gasteiger partial charge in [-0.1, -0.05) is 38.0 Å². The lowest BCUT2D eigenvalue weighted by Crippen LogP contribution is -2.64. The predicted octanol–water partition coefficient (Wildman–Crippen LogP) is 1.55. The van der Waals surface area contributed by atoms with Crippen LogP contribution in [0.3, 0.4) is 0 Å². The number of likely N-dealkylation sites (N-methyl/N-ethyl adjacent to an activating group) is 1. The van der Waals surface area contributed by atoms with E-state index in [1.165, 1.54) is 5.69 Å². The number of guanidine groups is 1. The number of aliphatic imine (C=N–C) groups is 1. The van der Waals surface area contributed by atoms with E-state index in [-0.39, 0.29) is 11.9 Å². The second kappa shape index (κ2) is 8.31. The van der Waals surface area contributed by atoms with Crippen LogP contribution in [0.1, 0.15) is 26.2 Å². The number of fused-ring (bicyclic) bond motifs is 1. The summed E-state index contributed by atoms with van der Waals surface area (Å²) in [5, 5.41) is 2.48. The minimum atomic E-state index is -0.444. The van der Waals surface area contributed by atoms with Gasteiger partial charge < -0.3 is 19.6 Å². The van der Waals surface area contributed by atoms with Crippen molar-refractivity contribution in [3.63, 3.8) is 0 Å². The molecule has 0 saturated carbocycles. The molecule has 8 heteroatoms. The molecular formula is C21H30N6O2. The van der Waals surface area contributed by atoms with Crippen molar-refractivity contribution in [2.45, 2.75) is 38.4 Å². The number of amides is 3. The molecule has 3 amide bonds. The molecule has 8 nitrogen and oxygen atoms in total. The Morgan fingerprint density at radius 2 is 1.72 bits per heavy atom. The number of nitrogens with zero attached hydrogens (tertiary/aromatic N) is 5. The van der Waals surface area contributed by atoms with Crippen LogP contribution in [-0.2, 0) is 4.79 Å². The molecular weight excluding hydrogens is 368 g/mol. The van der Waals surface area contributed by atoms with Gasteiger partial charge in [0.1, 0.15) is 0 Å². The van der Waals surface area contributed by atoms with Gasteiger partial charge in [0.05, 0.1) is 0 Å². The number of benzene rings is 1. The first-order chi connectivity index (χ1) is 14.1. The number of para-hydroxylation sites is 1. The fourth-order valence-corrected chi connectivity index (χ4v) is 4.35. The number of rotatable bonds is 5. The number of carbonyl (C=O) groups is 2. The Morgan fingerprint density at radius 3 is 2.41 bits per heavy atom. The number of anilines is 1. The highest BCUT2D eigenvalue weighted by molar-refractivity contribution is 6.03. The molecule has 2 saturated heterocycles. The molecule has 0 spiro atoms. The van der Waals surface area contributed by atoms with Crippen molar-refractivity contribution >= 4 is 23.6 Å². The van der Waals surface area contributed by atoms with Crippen LogP contribution < -0.4 is 10.2 Å². The number of nitrogens with one attached hydrogen (secondary N) is 1. The van der Waals surface area contributed by atoms with Crippen molar-refractivity contribution in [2.24, 2.45) is 4.99 Å². The van der Waals surface area contributed by atoms with Crippen molar-refractivity contribution in [1.29, 1.82) is 0 Å². The lowest BCUT2D eigenvalue weighted by atomic mass is 10.1. The molecule has 3 heterocycles. The fraction of sp³-hybridized carbons (Fsp3) is 0.571. The van der Waals surface area contributed by atoms with Gasteiger partial charge in [0.15, 0.2) is 18.2 Å². The van der Waals surface area contributed by atoms with Crippen LogP contribution in [0.2, 0.25) is 0 Å². The van der Waals surface area contributed by atoms with Crippen LogP contribution in [0.15, 0.2) is 35.3 Å². The smallest absolute Gasteiger partial charge is 0.325 e. The van der Waals surface area contributed by atoms with Crippen molar-refractivity contribution in [1.82, 2.24) is 20.0 Å². The van der Waals surface area contributed by atoms with Gasteiger partial charge in [-0.05, 0) is 18.6 Å². The van der Waals surface area contributed by atoms with Crippen molar-refractivity contribution in [3.8, 4) is 0 Å². The average molecular weight is 399 g/mol. The second-order valence-electron chi connectivity index (χ2n) is 7.90. The first-order valence-electron chi connectivity index (χ1n) is 10.6. The predicted molar refractivity (Wildman–Crippen MR) is 113 cm³/mol. The third-order valence-electron chi connectivity index (χ3n) is 6.03. The van der Waals surface area contributed by atoms with Gasteiger partial charge in [-0.15, -0.1) is 0 Å². The Bertz CT molecular complexity index is 775. The summed E-state index contributed by atoms with van der Waals surface area (Å²) in [6.45, 7) is 6.45. The Morgan fingerprint density at radius 1 is 1.03 bits per heavy atom. The summed E-state index contributed by atoms with van der Waals surface area (Å²) in [6, 6.07) is 9.63. The number of imide groups is 1. The quantitative estimate of drug-likeness (QED) is 0.762. The first kappa shape index (κ1) is 19.5. The maximum atomic E-state index is 12.6. The van der Waals surface area contributed by atoms with Crippen LogP contribution in [0.4, 0.5) is 10.5 Å². The SMILES string of the molecule is CCCCCN1C(N2CCN(c3ccccc3)CC2)=NC2C1C(=O)NC(=O)N2C. The highest BCUT2D eigenvalue weighted by atomic mass is 16.2. The van der Waals surface area contributed by atoms with Gasteiger partial charge in [-0.2, -0.15) is 0 Å². The van der Waals surface area contributed by atoms with Gasteiger partial charge in [-0.3, -0.25) is 10.1 Å². The highest BCUT2D eigenvalue weighted by Gasteiger charge is 2.49. The average Bonchev–Trinajstić information content (AvgIpc) is 3.13. The van der Waals surface area contributed by atoms with E-state index in [0.717, 1.165) is 57.9 Å². The summed E-state index contributed by atoms with van der Waals surface area (Å²) < 4.78 is 0. The van der Waals surface area contributed by atoms with E-state index in [1.54, 1.807) is 11.9 Å². The Labute approximate surface area is 172 Å². The maximum Gasteiger partial charge on any atom is 0.325 e. The first-order valence-corrected chi connectivity index (χ1v) is 10.6. The Kier molecular flexibility index (Phi) is 5.60. The highest BCUT2D eigenvalue weighted by Crippen LogP contribution is 2.27. The molecule has 0 aliphatic carbocycles. The molecule has 2 unspecified atom stereocenters. The molecule has 2 atom stereocenters. The molecule has 2 fully saturated rings. The minimum Gasteiger partial charge on any atom is -0.368 e. The van der Waals surface area contributed by atoms with Gasteiger partial charge in [-0.25, -0.2) is 9.79 Å². The van der Waals surface area contributed by atoms with Gasteiger partial charge in [0.25, 0.3) is 5.91 Å². The number of hydrogen-bond acceptors (Lipinski definition) is 6. The van der Waals surface area contributed by atoms with Gasteiger partial charge >= 0.3 is 6.03 Å². The number of carbonyl (C=O) groups excluding carboxylic acids is 2. The molecule has 29 heavy (non-hydrogen) atoms. The van der Waals surface area contributed by atoms with E-state index < -0.39 is 12.2 Å². The number of piperazine rings is 1. The zero-order valence-electron chi connectivity index (χ0n) is 17.3. The number of urea groups is 1. The Balaban J connectivity index is 1.51. The lowest BCUT2D eigenvalue weighted by molar-refractivity contribution is -0.127. The topological polar surface area (TPSA) is 71.5 Å². The normalized spacial score (nSPS) is 24.6. The largest absolute Gasteiger partial charge is 0.368 e. The molecule has 0 radical (unpaired) electrons. The standard InChI is InChI=1S/C21H30N6O2/c1-3-4-8-11-27-17-18(24(2)21(29)23-19(17)28)22-20(27)26-14-12-25(13-15-26)16-9-6-5-7-10-16/h5-7,9-10,17-18H,3-4,8,11-15H2,1-2H3,(H,23,28,29). The van der Waals surface area contributed by atoms with Crippen molar-refractivity contribution in [3.05, 3.63) is 30.3 Å². The summed E-state index contributed by atoms with van der Waals surface area (Å²) in [6.07, 6.45) is 2.79. The molecule has 4 rings (SSSR count). The molecule has 0 aromatic heterocycles. The minimum absolute atomic E-state index is 0.240. The molecule has 3 aliphatic rings. The van der Waals surface area contributed by atoms with Crippen LogP contribution >= 0.6 is 0 Å². The van der Waals surface area contributed by atoms with E-state index in [2.05, 4.69) is 51.2 Å². The monoisotopic (exact) mass is 398 g/mol. The third kappa shape index (κ3) is 3.75. The van der Waals surface area contributed by atoms with Crippen LogP contribution in [-0.4, -0.2) is 84.6 Å².